The Morgan fingerprint density at radius 1 is 1.16 bits per heavy atom. The van der Waals surface area contributed by atoms with Crippen molar-refractivity contribution < 1.29 is 33.6 Å². The largest absolute Gasteiger partial charge is 0.477 e. The van der Waals surface area contributed by atoms with Gasteiger partial charge >= 0.3 is 5.97 Å². The maximum atomic E-state index is 12.0. The topological polar surface area (TPSA) is 83.5 Å². The number of cyclic esters (lactones) is 1. The predicted molar refractivity (Wildman–Crippen MR) is 85.0 cm³/mol. The van der Waals surface area contributed by atoms with Gasteiger partial charge in [0.1, 0.15) is 24.9 Å². The molecule has 0 amide bonds. The number of hydrogen-bond donors (Lipinski definition) is 1. The average molecular weight is 348 g/mol. The van der Waals surface area contributed by atoms with Crippen LogP contribution in [0.15, 0.2) is 36.1 Å². The molecule has 3 aliphatic rings. The number of aliphatic hydroxyl groups excluding tert-OH is 1. The molecular weight excluding hydrogens is 328 g/mol. The van der Waals surface area contributed by atoms with E-state index < -0.39 is 42.5 Å². The SMILES string of the molecule is CC1(C)O[C@H]2O[C@H]([C@@H]3COC(=O)/C(=C/c4ccccc4)O3)[C@H](O)[C@H]2O1. The van der Waals surface area contributed by atoms with Gasteiger partial charge in [-0.2, -0.15) is 0 Å². The molecule has 5 atom stereocenters. The Morgan fingerprint density at radius 3 is 2.64 bits per heavy atom. The number of esters is 1. The molecule has 3 aliphatic heterocycles. The van der Waals surface area contributed by atoms with E-state index in [4.69, 9.17) is 23.7 Å². The fourth-order valence-electron chi connectivity index (χ4n) is 3.25. The van der Waals surface area contributed by atoms with Crippen molar-refractivity contribution >= 4 is 12.0 Å². The van der Waals surface area contributed by atoms with Gasteiger partial charge in [-0.25, -0.2) is 4.79 Å². The van der Waals surface area contributed by atoms with Crippen LogP contribution in [0.2, 0.25) is 0 Å². The summed E-state index contributed by atoms with van der Waals surface area (Å²) >= 11 is 0. The standard InChI is InChI=1S/C18H20O7/c1-18(2)24-15-13(19)14(23-17(15)25-18)12-9-21-16(20)11(22-12)8-10-6-4-3-5-7-10/h3-8,12-15,17,19H,9H2,1-2H3/b11-8-/t12-,13-,14+,15+,17+/m0/s1. The first-order valence-corrected chi connectivity index (χ1v) is 8.23. The second-order valence-electron chi connectivity index (χ2n) is 6.73. The first-order valence-electron chi connectivity index (χ1n) is 8.23. The summed E-state index contributed by atoms with van der Waals surface area (Å²) in [5.74, 6) is -1.27. The Labute approximate surface area is 145 Å². The van der Waals surface area contributed by atoms with Gasteiger partial charge in [0.2, 0.25) is 5.76 Å². The van der Waals surface area contributed by atoms with E-state index in [1.807, 2.05) is 30.3 Å². The third-order valence-electron chi connectivity index (χ3n) is 4.37. The molecule has 0 bridgehead atoms. The molecule has 3 heterocycles. The lowest BCUT2D eigenvalue weighted by Crippen LogP contribution is -2.46. The van der Waals surface area contributed by atoms with Gasteiger partial charge < -0.3 is 28.8 Å². The van der Waals surface area contributed by atoms with E-state index in [0.29, 0.717) is 0 Å². The van der Waals surface area contributed by atoms with Crippen LogP contribution >= 0.6 is 0 Å². The third kappa shape index (κ3) is 3.16. The quantitative estimate of drug-likeness (QED) is 0.635. The molecule has 134 valence electrons. The second kappa shape index (κ2) is 6.10. The summed E-state index contributed by atoms with van der Waals surface area (Å²) in [5, 5.41) is 10.5. The van der Waals surface area contributed by atoms with Crippen LogP contribution in [0.1, 0.15) is 19.4 Å². The summed E-state index contributed by atoms with van der Waals surface area (Å²) in [7, 11) is 0. The minimum Gasteiger partial charge on any atom is -0.477 e. The molecule has 0 radical (unpaired) electrons. The highest BCUT2D eigenvalue weighted by Gasteiger charge is 2.57. The summed E-state index contributed by atoms with van der Waals surface area (Å²) in [5.41, 5.74) is 0.813. The van der Waals surface area contributed by atoms with Crippen LogP contribution < -0.4 is 0 Å². The molecule has 0 unspecified atom stereocenters. The Bertz CT molecular complexity index is 684. The number of aliphatic hydroxyl groups is 1. The molecule has 0 spiro atoms. The van der Waals surface area contributed by atoms with Crippen molar-refractivity contribution in [1.29, 1.82) is 0 Å². The molecular formula is C18H20O7. The smallest absolute Gasteiger partial charge is 0.373 e. The highest BCUT2D eigenvalue weighted by molar-refractivity contribution is 5.92. The van der Waals surface area contributed by atoms with Gasteiger partial charge in [0.25, 0.3) is 0 Å². The summed E-state index contributed by atoms with van der Waals surface area (Å²) in [4.78, 5) is 12.0. The normalized spacial score (nSPS) is 38.3. The van der Waals surface area contributed by atoms with Crippen molar-refractivity contribution in [3.05, 3.63) is 41.7 Å². The molecule has 0 aliphatic carbocycles. The Morgan fingerprint density at radius 2 is 1.92 bits per heavy atom. The van der Waals surface area contributed by atoms with Crippen molar-refractivity contribution in [3.8, 4) is 0 Å². The van der Waals surface area contributed by atoms with Crippen molar-refractivity contribution in [2.75, 3.05) is 6.61 Å². The van der Waals surface area contributed by atoms with Gasteiger partial charge in [-0.1, -0.05) is 30.3 Å². The molecule has 1 aromatic rings. The number of hydrogen-bond acceptors (Lipinski definition) is 7. The third-order valence-corrected chi connectivity index (χ3v) is 4.37. The van der Waals surface area contributed by atoms with Crippen molar-refractivity contribution in [1.82, 2.24) is 0 Å². The van der Waals surface area contributed by atoms with Gasteiger partial charge in [-0.15, -0.1) is 0 Å². The van der Waals surface area contributed by atoms with Crippen LogP contribution in [-0.4, -0.2) is 54.2 Å². The highest BCUT2D eigenvalue weighted by atomic mass is 16.8. The molecule has 25 heavy (non-hydrogen) atoms. The van der Waals surface area contributed by atoms with Crippen molar-refractivity contribution in [2.24, 2.45) is 0 Å². The lowest BCUT2D eigenvalue weighted by atomic mass is 10.1. The van der Waals surface area contributed by atoms with E-state index in [2.05, 4.69) is 0 Å². The Balaban J connectivity index is 1.49. The van der Waals surface area contributed by atoms with Crippen LogP contribution in [0.25, 0.3) is 6.08 Å². The monoisotopic (exact) mass is 348 g/mol. The number of fused-ring (bicyclic) bond motifs is 1. The molecule has 7 heteroatoms. The van der Waals surface area contributed by atoms with Gasteiger partial charge in [-0.3, -0.25) is 0 Å². The maximum Gasteiger partial charge on any atom is 0.373 e. The molecule has 1 N–H and O–H groups in total. The summed E-state index contributed by atoms with van der Waals surface area (Å²) in [6.07, 6.45) is -1.94. The van der Waals surface area contributed by atoms with Gasteiger partial charge in [-0.05, 0) is 25.5 Å². The van der Waals surface area contributed by atoms with E-state index in [0.717, 1.165) is 5.56 Å². The van der Waals surface area contributed by atoms with Crippen molar-refractivity contribution in [2.45, 2.75) is 50.3 Å². The van der Waals surface area contributed by atoms with Gasteiger partial charge in [0.15, 0.2) is 18.2 Å². The van der Waals surface area contributed by atoms with Crippen LogP contribution in [0.4, 0.5) is 0 Å². The molecule has 4 rings (SSSR count). The lowest BCUT2D eigenvalue weighted by Gasteiger charge is -2.31. The van der Waals surface area contributed by atoms with Gasteiger partial charge in [0.05, 0.1) is 0 Å². The first kappa shape index (κ1) is 16.5. The predicted octanol–water partition coefficient (Wildman–Crippen LogP) is 1.21. The summed E-state index contributed by atoms with van der Waals surface area (Å²) in [6, 6.07) is 9.30. The van der Waals surface area contributed by atoms with Crippen LogP contribution in [-0.2, 0) is 28.5 Å². The zero-order chi connectivity index (χ0) is 17.6. The lowest BCUT2D eigenvalue weighted by molar-refractivity contribution is -0.232. The first-order chi connectivity index (χ1) is 11.9. The molecule has 3 saturated heterocycles. The van der Waals surface area contributed by atoms with E-state index in [1.54, 1.807) is 19.9 Å². The maximum absolute atomic E-state index is 12.0. The molecule has 0 saturated carbocycles. The minimum absolute atomic E-state index is 0.00444. The Kier molecular flexibility index (Phi) is 4.04. The number of carbonyl (C=O) groups excluding carboxylic acids is 1. The molecule has 0 aromatic heterocycles. The summed E-state index contributed by atoms with van der Waals surface area (Å²) in [6.45, 7) is 3.52. The van der Waals surface area contributed by atoms with Gasteiger partial charge in [0, 0.05) is 0 Å². The second-order valence-corrected chi connectivity index (χ2v) is 6.73. The van der Waals surface area contributed by atoms with E-state index in [-0.39, 0.29) is 12.4 Å². The highest BCUT2D eigenvalue weighted by Crippen LogP contribution is 2.39. The zero-order valence-corrected chi connectivity index (χ0v) is 14.0. The number of benzene rings is 1. The zero-order valence-electron chi connectivity index (χ0n) is 14.0. The number of rotatable bonds is 2. The van der Waals surface area contributed by atoms with E-state index in [1.165, 1.54) is 0 Å². The van der Waals surface area contributed by atoms with Crippen LogP contribution in [0.3, 0.4) is 0 Å². The fraction of sp³-hybridized carbons (Fsp3) is 0.500. The molecule has 1 aromatic carbocycles. The van der Waals surface area contributed by atoms with Crippen molar-refractivity contribution in [3.63, 3.8) is 0 Å². The average Bonchev–Trinajstić information content (AvgIpc) is 3.04. The minimum atomic E-state index is -0.938. The van der Waals surface area contributed by atoms with E-state index in [9.17, 15) is 9.90 Å². The molecule has 7 nitrogen and oxygen atoms in total. The van der Waals surface area contributed by atoms with E-state index >= 15 is 0 Å². The van der Waals surface area contributed by atoms with Crippen LogP contribution in [0.5, 0.6) is 0 Å². The Hall–Kier alpha value is -1.93. The summed E-state index contributed by atoms with van der Waals surface area (Å²) < 4.78 is 28.0. The number of ether oxygens (including phenoxy) is 5. The number of carbonyl (C=O) groups is 1. The molecule has 3 fully saturated rings. The van der Waals surface area contributed by atoms with Crippen LogP contribution in [0, 0.1) is 0 Å². The fourth-order valence-corrected chi connectivity index (χ4v) is 3.25.